The van der Waals surface area contributed by atoms with Crippen LogP contribution in [0.4, 0.5) is 23.0 Å². The van der Waals surface area contributed by atoms with Gasteiger partial charge in [0.15, 0.2) is 11.5 Å². The fourth-order valence-electron chi connectivity index (χ4n) is 8.81. The highest BCUT2D eigenvalue weighted by molar-refractivity contribution is 6.00. The minimum Gasteiger partial charge on any atom is -0.384 e. The van der Waals surface area contributed by atoms with E-state index in [2.05, 4.69) is 37.4 Å². The van der Waals surface area contributed by atoms with E-state index in [4.69, 9.17) is 23.9 Å². The molecule has 6 heterocycles. The van der Waals surface area contributed by atoms with Crippen LogP contribution in [-0.2, 0) is 47.2 Å². The number of hydrogen-bond acceptors (Lipinski definition) is 16. The lowest BCUT2D eigenvalue weighted by Gasteiger charge is -2.36. The Morgan fingerprint density at radius 2 is 1.58 bits per heavy atom. The zero-order chi connectivity index (χ0) is 49.9. The van der Waals surface area contributed by atoms with Crippen molar-refractivity contribution in [3.05, 3.63) is 107 Å². The lowest BCUT2D eigenvalue weighted by Crippen LogP contribution is -2.55. The van der Waals surface area contributed by atoms with E-state index in [0.717, 1.165) is 22.6 Å². The van der Waals surface area contributed by atoms with Crippen LogP contribution in [0.1, 0.15) is 54.7 Å². The number of allylic oxidation sites excluding steroid dienone is 1. The quantitative estimate of drug-likeness (QED) is 0.0441. The molecule has 0 radical (unpaired) electrons. The highest BCUT2D eigenvalue weighted by Crippen LogP contribution is 2.33. The van der Waals surface area contributed by atoms with Gasteiger partial charge in [-0.25, -0.2) is 19.3 Å². The smallest absolute Gasteiger partial charge is 0.278 e. The number of ether oxygens (including phenoxy) is 4. The highest BCUT2D eigenvalue weighted by Gasteiger charge is 2.39. The molecule has 5 N–H and O–H groups in total. The molecular formula is C50H63N11O10. The first-order valence-corrected chi connectivity index (χ1v) is 24.0. The second-order valence-electron chi connectivity index (χ2n) is 17.9. The van der Waals surface area contributed by atoms with E-state index in [9.17, 15) is 29.4 Å². The molecule has 0 bridgehead atoms. The molecule has 2 fully saturated rings. The van der Waals surface area contributed by atoms with Crippen molar-refractivity contribution in [3.63, 3.8) is 0 Å². The van der Waals surface area contributed by atoms with E-state index in [1.807, 2.05) is 41.3 Å². The number of rotatable bonds is 24. The van der Waals surface area contributed by atoms with Gasteiger partial charge in [-0.2, -0.15) is 4.98 Å². The van der Waals surface area contributed by atoms with Crippen LogP contribution >= 0.6 is 0 Å². The van der Waals surface area contributed by atoms with Crippen LogP contribution in [0.15, 0.2) is 84.3 Å². The Balaban J connectivity index is 0.666. The Morgan fingerprint density at radius 1 is 0.887 bits per heavy atom. The summed E-state index contributed by atoms with van der Waals surface area (Å²) in [5, 5.41) is 30.4. The van der Waals surface area contributed by atoms with Gasteiger partial charge >= 0.3 is 0 Å². The van der Waals surface area contributed by atoms with E-state index < -0.39 is 17.9 Å². The lowest BCUT2D eigenvalue weighted by molar-refractivity contribution is -0.133. The number of benzene rings is 2. The Labute approximate surface area is 411 Å². The summed E-state index contributed by atoms with van der Waals surface area (Å²) in [6, 6.07) is 18.2. The van der Waals surface area contributed by atoms with Crippen molar-refractivity contribution in [3.8, 4) is 5.82 Å². The van der Waals surface area contributed by atoms with Crippen molar-refractivity contribution in [1.82, 2.24) is 39.4 Å². The number of piperazine rings is 1. The molecule has 378 valence electrons. The van der Waals surface area contributed by atoms with Gasteiger partial charge in [0.2, 0.25) is 17.8 Å². The molecule has 3 aromatic heterocycles. The Kier molecular flexibility index (Phi) is 16.7. The molecule has 0 spiro atoms. The van der Waals surface area contributed by atoms with Crippen molar-refractivity contribution in [2.24, 2.45) is 0 Å². The number of carbonyl (C=O) groups excluding carboxylic acids is 3. The number of piperidine rings is 1. The molecule has 71 heavy (non-hydrogen) atoms. The molecule has 3 aliphatic heterocycles. The van der Waals surface area contributed by atoms with Gasteiger partial charge in [-0.3, -0.25) is 19.2 Å². The minimum atomic E-state index is -1.19. The maximum atomic E-state index is 13.4. The normalized spacial score (nSPS) is 17.2. The van der Waals surface area contributed by atoms with Crippen molar-refractivity contribution in [2.75, 3.05) is 101 Å². The number of carbonyl (C=O) groups is 3. The molecule has 3 aliphatic rings. The molecule has 2 unspecified atom stereocenters. The highest BCUT2D eigenvalue weighted by atomic mass is 16.6. The zero-order valence-corrected chi connectivity index (χ0v) is 40.3. The van der Waals surface area contributed by atoms with Gasteiger partial charge in [-0.15, -0.1) is 6.58 Å². The second-order valence-corrected chi connectivity index (χ2v) is 17.9. The van der Waals surface area contributed by atoms with Gasteiger partial charge in [-0.1, -0.05) is 18.2 Å². The average molecular weight is 978 g/mol. The number of amides is 3. The first-order valence-electron chi connectivity index (χ1n) is 24.0. The van der Waals surface area contributed by atoms with Crippen LogP contribution < -0.4 is 26.4 Å². The summed E-state index contributed by atoms with van der Waals surface area (Å²) in [5.41, 5.74) is 3.42. The van der Waals surface area contributed by atoms with Gasteiger partial charge in [0, 0.05) is 80.1 Å². The predicted molar refractivity (Wildman–Crippen MR) is 265 cm³/mol. The van der Waals surface area contributed by atoms with Gasteiger partial charge in [0.05, 0.1) is 77.6 Å². The summed E-state index contributed by atoms with van der Waals surface area (Å²) in [4.78, 5) is 70.6. The van der Waals surface area contributed by atoms with Gasteiger partial charge < -0.3 is 59.8 Å². The van der Waals surface area contributed by atoms with Crippen LogP contribution in [0.5, 0.6) is 0 Å². The minimum absolute atomic E-state index is 0.0562. The number of anilines is 4. The van der Waals surface area contributed by atoms with Crippen molar-refractivity contribution < 1.29 is 43.5 Å². The summed E-state index contributed by atoms with van der Waals surface area (Å²) in [6.45, 7) is 14.0. The number of aliphatic hydroxyl groups is 2. The van der Waals surface area contributed by atoms with Crippen molar-refractivity contribution in [2.45, 2.75) is 64.1 Å². The molecule has 2 atom stereocenters. The number of fused-ring (bicyclic) bond motifs is 2. The number of nitrogens with zero attached hydrogens (tertiary/aromatic N) is 8. The molecule has 2 saturated heterocycles. The largest absolute Gasteiger partial charge is 0.384 e. The molecular weight excluding hydrogens is 915 g/mol. The molecule has 8 rings (SSSR count). The molecule has 5 aromatic rings. The molecule has 3 amide bonds. The SMILES string of the molecule is C=CCn1c(=O)c2cnc(Nc3ccc(N4CCN(C(=O)CCOCCOCCOCCOCCNc5cccc6c5CN(C5CCC(=O)NC5O)C6=O)CC4)cc3)nc2n1-c1cccc(C(C)(C)O)n1. The van der Waals surface area contributed by atoms with Crippen LogP contribution in [0.3, 0.4) is 0 Å². The fourth-order valence-corrected chi connectivity index (χ4v) is 8.81. The van der Waals surface area contributed by atoms with Crippen LogP contribution in [0, 0.1) is 0 Å². The molecule has 2 aromatic carbocycles. The van der Waals surface area contributed by atoms with E-state index >= 15 is 0 Å². The first-order chi connectivity index (χ1) is 34.4. The number of hydrogen-bond donors (Lipinski definition) is 5. The summed E-state index contributed by atoms with van der Waals surface area (Å²) >= 11 is 0. The predicted octanol–water partition coefficient (Wildman–Crippen LogP) is 2.90. The summed E-state index contributed by atoms with van der Waals surface area (Å²) < 4.78 is 25.7. The molecule has 0 aliphatic carbocycles. The number of pyridine rings is 1. The van der Waals surface area contributed by atoms with Gasteiger partial charge in [-0.05, 0) is 68.8 Å². The Morgan fingerprint density at radius 3 is 2.27 bits per heavy atom. The number of aromatic nitrogens is 5. The second kappa shape index (κ2) is 23.4. The first kappa shape index (κ1) is 50.6. The fraction of sp³-hybridized carbons (Fsp3) is 0.460. The van der Waals surface area contributed by atoms with Gasteiger partial charge in [0.25, 0.3) is 11.5 Å². The van der Waals surface area contributed by atoms with E-state index in [1.54, 1.807) is 53.8 Å². The molecule has 21 heteroatoms. The maximum absolute atomic E-state index is 13.4. The monoisotopic (exact) mass is 977 g/mol. The van der Waals surface area contributed by atoms with Gasteiger partial charge in [0.1, 0.15) is 17.2 Å². The standard InChI is InChI=1S/C50H63N11O10/c1-4-19-60-48(66)37-32-52-49(56-45(37)61(60)42-10-6-9-41(54-42)50(2,3)67)53-34-11-13-35(14-12-34)57-20-22-58(23-21-57)44(63)17-24-68-26-28-70-30-31-71-29-27-69-25-18-51-39-8-5-7-36-38(39)33-59(47(36)65)40-15-16-43(62)55-46(40)64/h4-14,32,40,46,51,64,67H,1,15-31,33H2,2-3H3,(H,55,62)(H,52,53,56). The topological polar surface area (TPSA) is 240 Å². The average Bonchev–Trinajstić information content (AvgIpc) is 3.84. The van der Waals surface area contributed by atoms with Crippen LogP contribution in [0.25, 0.3) is 16.9 Å². The van der Waals surface area contributed by atoms with E-state index in [0.29, 0.717) is 139 Å². The third kappa shape index (κ3) is 12.4. The Bertz CT molecular complexity index is 2710. The maximum Gasteiger partial charge on any atom is 0.278 e. The summed E-state index contributed by atoms with van der Waals surface area (Å²) in [5.74, 6) is 0.412. The van der Waals surface area contributed by atoms with E-state index in [-0.39, 0.29) is 36.2 Å². The molecule has 0 saturated carbocycles. The van der Waals surface area contributed by atoms with Crippen molar-refractivity contribution in [1.29, 1.82) is 0 Å². The zero-order valence-electron chi connectivity index (χ0n) is 40.3. The third-order valence-corrected chi connectivity index (χ3v) is 12.6. The lowest BCUT2D eigenvalue weighted by atomic mass is 10.0. The Hall–Kier alpha value is -6.75. The third-order valence-electron chi connectivity index (χ3n) is 12.6. The summed E-state index contributed by atoms with van der Waals surface area (Å²) in [6.07, 6.45) is 3.02. The van der Waals surface area contributed by atoms with Crippen LogP contribution in [0.2, 0.25) is 0 Å². The van der Waals surface area contributed by atoms with Crippen molar-refractivity contribution >= 4 is 51.8 Å². The number of nitrogens with one attached hydrogen (secondary N) is 3. The van der Waals surface area contributed by atoms with Crippen LogP contribution in [-0.4, -0.2) is 160 Å². The number of aliphatic hydroxyl groups excluding tert-OH is 1. The summed E-state index contributed by atoms with van der Waals surface area (Å²) in [7, 11) is 0. The van der Waals surface area contributed by atoms with E-state index in [1.165, 1.54) is 10.9 Å². The molecule has 21 nitrogen and oxygen atoms in total.